The Morgan fingerprint density at radius 2 is 2.45 bits per heavy atom. The second-order valence-electron chi connectivity index (χ2n) is 4.49. The second-order valence-corrected chi connectivity index (χ2v) is 5.47. The lowest BCUT2D eigenvalue weighted by atomic mass is 10.1. The number of carbonyl (C=O) groups is 2. The van der Waals surface area contributed by atoms with Crippen molar-refractivity contribution in [1.29, 1.82) is 0 Å². The number of nitrogens with one attached hydrogen (secondary N) is 2. The minimum absolute atomic E-state index is 0.0995. The summed E-state index contributed by atoms with van der Waals surface area (Å²) in [5, 5.41) is 7.89. The molecular formula is C14H19N3O2S. The molecule has 0 radical (unpaired) electrons. The maximum atomic E-state index is 12.2. The molecule has 1 atom stereocenters. The molecule has 0 spiro atoms. The zero-order valence-electron chi connectivity index (χ0n) is 11.5. The number of carbonyl (C=O) groups excluding carboxylic acids is 2. The summed E-state index contributed by atoms with van der Waals surface area (Å²) in [5.74, 6) is -0.214. The number of thiophene rings is 1. The van der Waals surface area contributed by atoms with Crippen LogP contribution in [0.1, 0.15) is 11.8 Å². The van der Waals surface area contributed by atoms with Crippen LogP contribution in [0.4, 0.5) is 0 Å². The molecular weight excluding hydrogens is 274 g/mol. The van der Waals surface area contributed by atoms with Gasteiger partial charge in [-0.2, -0.15) is 0 Å². The lowest BCUT2D eigenvalue weighted by molar-refractivity contribution is -0.138. The molecule has 6 heteroatoms. The normalized spacial score (nSPS) is 19.2. The highest BCUT2D eigenvalue weighted by atomic mass is 32.1. The third kappa shape index (κ3) is 3.68. The molecule has 1 saturated heterocycles. The fourth-order valence-electron chi connectivity index (χ4n) is 2.13. The number of hydrogen-bond acceptors (Lipinski definition) is 4. The van der Waals surface area contributed by atoms with Gasteiger partial charge in [-0.25, -0.2) is 0 Å². The predicted molar refractivity (Wildman–Crippen MR) is 80.4 cm³/mol. The van der Waals surface area contributed by atoms with E-state index in [0.29, 0.717) is 26.2 Å². The van der Waals surface area contributed by atoms with Crippen LogP contribution in [0, 0.1) is 0 Å². The van der Waals surface area contributed by atoms with Gasteiger partial charge in [0.05, 0.1) is 0 Å². The lowest BCUT2D eigenvalue weighted by Gasteiger charge is -2.34. The Balaban J connectivity index is 2.03. The maximum Gasteiger partial charge on any atom is 0.247 e. The number of nitrogens with zero attached hydrogens (tertiary/aromatic N) is 1. The Bertz CT molecular complexity index is 485. The molecule has 20 heavy (non-hydrogen) atoms. The van der Waals surface area contributed by atoms with E-state index in [9.17, 15) is 9.59 Å². The minimum Gasteiger partial charge on any atom is -0.355 e. The van der Waals surface area contributed by atoms with Crippen LogP contribution in [-0.4, -0.2) is 48.9 Å². The summed E-state index contributed by atoms with van der Waals surface area (Å²) in [6, 6.07) is 3.47. The quantitative estimate of drug-likeness (QED) is 0.803. The van der Waals surface area contributed by atoms with E-state index in [1.807, 2.05) is 24.4 Å². The molecule has 2 heterocycles. The molecule has 2 rings (SSSR count). The van der Waals surface area contributed by atoms with E-state index in [2.05, 4.69) is 10.6 Å². The van der Waals surface area contributed by atoms with Gasteiger partial charge in [0.15, 0.2) is 0 Å². The van der Waals surface area contributed by atoms with Crippen molar-refractivity contribution in [2.24, 2.45) is 0 Å². The molecule has 1 aromatic heterocycles. The topological polar surface area (TPSA) is 61.4 Å². The molecule has 108 valence electrons. The monoisotopic (exact) mass is 293 g/mol. The average molecular weight is 293 g/mol. The molecule has 1 aliphatic rings. The van der Waals surface area contributed by atoms with Gasteiger partial charge >= 0.3 is 0 Å². The summed E-state index contributed by atoms with van der Waals surface area (Å²) < 4.78 is 0. The van der Waals surface area contributed by atoms with Crippen LogP contribution >= 0.6 is 11.3 Å². The van der Waals surface area contributed by atoms with Crippen molar-refractivity contribution in [3.05, 3.63) is 28.5 Å². The Hall–Kier alpha value is -1.66. The van der Waals surface area contributed by atoms with Crippen LogP contribution in [0.15, 0.2) is 23.6 Å². The lowest BCUT2D eigenvalue weighted by Crippen LogP contribution is -2.59. The van der Waals surface area contributed by atoms with Crippen molar-refractivity contribution < 1.29 is 9.59 Å². The van der Waals surface area contributed by atoms with Gasteiger partial charge in [-0.1, -0.05) is 6.07 Å². The molecule has 1 fully saturated rings. The van der Waals surface area contributed by atoms with E-state index >= 15 is 0 Å². The van der Waals surface area contributed by atoms with E-state index in [-0.39, 0.29) is 11.8 Å². The van der Waals surface area contributed by atoms with Crippen molar-refractivity contribution >= 4 is 29.2 Å². The highest BCUT2D eigenvalue weighted by Crippen LogP contribution is 2.11. The molecule has 1 aliphatic heterocycles. The third-order valence-corrected chi connectivity index (χ3v) is 3.95. The third-order valence-electron chi connectivity index (χ3n) is 3.11. The first-order valence-electron chi connectivity index (χ1n) is 6.73. The van der Waals surface area contributed by atoms with Gasteiger partial charge in [-0.15, -0.1) is 11.3 Å². The van der Waals surface area contributed by atoms with Gasteiger partial charge < -0.3 is 15.5 Å². The van der Waals surface area contributed by atoms with Gasteiger partial charge in [0.2, 0.25) is 11.8 Å². The molecule has 5 nitrogen and oxygen atoms in total. The highest BCUT2D eigenvalue weighted by molar-refractivity contribution is 7.10. The first-order valence-corrected chi connectivity index (χ1v) is 7.61. The average Bonchev–Trinajstić information content (AvgIpc) is 2.98. The molecule has 2 N–H and O–H groups in total. The van der Waals surface area contributed by atoms with Crippen molar-refractivity contribution in [3.8, 4) is 0 Å². The van der Waals surface area contributed by atoms with Gasteiger partial charge in [0.25, 0.3) is 0 Å². The number of rotatable bonds is 4. The van der Waals surface area contributed by atoms with Gasteiger partial charge in [-0.3, -0.25) is 9.59 Å². The second kappa shape index (κ2) is 7.21. The zero-order chi connectivity index (χ0) is 14.4. The molecule has 0 aromatic carbocycles. The van der Waals surface area contributed by atoms with E-state index in [0.717, 1.165) is 4.88 Å². The van der Waals surface area contributed by atoms with Crippen LogP contribution < -0.4 is 10.6 Å². The number of likely N-dealkylation sites (N-methyl/N-ethyl adjacent to an activating group) is 1. The van der Waals surface area contributed by atoms with Gasteiger partial charge in [-0.05, 0) is 24.4 Å². The fourth-order valence-corrected chi connectivity index (χ4v) is 2.75. The van der Waals surface area contributed by atoms with Crippen LogP contribution in [0.3, 0.4) is 0 Å². The van der Waals surface area contributed by atoms with Crippen molar-refractivity contribution in [2.45, 2.75) is 13.0 Å². The number of piperazine rings is 1. The van der Waals surface area contributed by atoms with Crippen molar-refractivity contribution in [1.82, 2.24) is 15.5 Å². The SMILES string of the molecule is CCNC(=O)C1CNCCN1C(=O)C=Cc1cccs1. The Kier molecular flexibility index (Phi) is 5.31. The summed E-state index contributed by atoms with van der Waals surface area (Å²) in [7, 11) is 0. The van der Waals surface area contributed by atoms with Gasteiger partial charge in [0, 0.05) is 37.1 Å². The minimum atomic E-state index is -0.427. The smallest absolute Gasteiger partial charge is 0.247 e. The standard InChI is InChI=1S/C14H19N3O2S/c1-2-16-14(19)12-10-15-7-8-17(12)13(18)6-5-11-4-3-9-20-11/h3-6,9,12,15H,2,7-8,10H2,1H3,(H,16,19). The molecule has 0 saturated carbocycles. The van der Waals surface area contributed by atoms with Crippen molar-refractivity contribution in [3.63, 3.8) is 0 Å². The van der Waals surface area contributed by atoms with Crippen LogP contribution in [-0.2, 0) is 9.59 Å². The first kappa shape index (κ1) is 14.7. The van der Waals surface area contributed by atoms with Crippen molar-refractivity contribution in [2.75, 3.05) is 26.2 Å². The zero-order valence-corrected chi connectivity index (χ0v) is 12.3. The molecule has 2 amide bonds. The van der Waals surface area contributed by atoms with Crippen LogP contribution in [0.2, 0.25) is 0 Å². The Labute approximate surface area is 122 Å². The molecule has 0 aliphatic carbocycles. The summed E-state index contributed by atoms with van der Waals surface area (Å²) >= 11 is 1.58. The Morgan fingerprint density at radius 1 is 1.60 bits per heavy atom. The largest absolute Gasteiger partial charge is 0.355 e. The summed E-state index contributed by atoms with van der Waals surface area (Å²) in [5.41, 5.74) is 0. The number of hydrogen-bond donors (Lipinski definition) is 2. The predicted octanol–water partition coefficient (Wildman–Crippen LogP) is 0.698. The molecule has 0 bridgehead atoms. The van der Waals surface area contributed by atoms with E-state index in [4.69, 9.17) is 0 Å². The van der Waals surface area contributed by atoms with E-state index < -0.39 is 6.04 Å². The first-order chi connectivity index (χ1) is 9.72. The molecule has 1 unspecified atom stereocenters. The highest BCUT2D eigenvalue weighted by Gasteiger charge is 2.30. The number of amides is 2. The summed E-state index contributed by atoms with van der Waals surface area (Å²) in [6.07, 6.45) is 3.34. The van der Waals surface area contributed by atoms with Crippen LogP contribution in [0.5, 0.6) is 0 Å². The summed E-state index contributed by atoms with van der Waals surface area (Å²) in [4.78, 5) is 26.9. The van der Waals surface area contributed by atoms with E-state index in [1.165, 1.54) is 0 Å². The van der Waals surface area contributed by atoms with Crippen LogP contribution in [0.25, 0.3) is 6.08 Å². The summed E-state index contributed by atoms with van der Waals surface area (Å²) in [6.45, 7) is 4.22. The van der Waals surface area contributed by atoms with Gasteiger partial charge in [0.1, 0.15) is 6.04 Å². The molecule has 1 aromatic rings. The maximum absolute atomic E-state index is 12.2. The fraction of sp³-hybridized carbons (Fsp3) is 0.429. The van der Waals surface area contributed by atoms with E-state index in [1.54, 1.807) is 28.4 Å². The Morgan fingerprint density at radius 3 is 3.15 bits per heavy atom.